The molecule has 0 bridgehead atoms. The number of carbonyl (C=O) groups is 2. The number of fused-ring (bicyclic) bond motifs is 6. The molecule has 1 aliphatic carbocycles. The second-order valence-electron chi connectivity index (χ2n) is 15.3. The second kappa shape index (κ2) is 11.0. The van der Waals surface area contributed by atoms with E-state index < -0.39 is 11.9 Å². The summed E-state index contributed by atoms with van der Waals surface area (Å²) >= 11 is 0. The summed E-state index contributed by atoms with van der Waals surface area (Å²) in [5.74, 6) is -1.19. The minimum absolute atomic E-state index is 0.435. The number of ether oxygens (including phenoxy) is 1. The van der Waals surface area contributed by atoms with Gasteiger partial charge in [-0.1, -0.05) is 158 Å². The fraction of sp³-hybridized carbons (Fsp3) is 0. The topological polar surface area (TPSA) is 43.4 Å². The van der Waals surface area contributed by atoms with E-state index >= 15 is 0 Å². The predicted octanol–water partition coefficient (Wildman–Crippen LogP) is 14.0. The van der Waals surface area contributed by atoms with Gasteiger partial charge in [-0.25, -0.2) is 9.59 Å². The van der Waals surface area contributed by atoms with Gasteiger partial charge in [0.15, 0.2) is 0 Å². The van der Waals surface area contributed by atoms with Crippen LogP contribution in [0.1, 0.15) is 20.7 Å². The minimum Gasteiger partial charge on any atom is -0.386 e. The summed E-state index contributed by atoms with van der Waals surface area (Å²) in [5.41, 5.74) is 13.2. The van der Waals surface area contributed by atoms with E-state index in [9.17, 15) is 9.59 Å². The maximum atomic E-state index is 12.9. The molecule has 3 heteroatoms. The van der Waals surface area contributed by atoms with Crippen LogP contribution in [0.3, 0.4) is 0 Å². The predicted molar refractivity (Wildman–Crippen MR) is 233 cm³/mol. The molecule has 13 rings (SSSR count). The normalized spacial score (nSPS) is 13.1. The quantitative estimate of drug-likeness (QED) is 0.0789. The van der Waals surface area contributed by atoms with Crippen LogP contribution < -0.4 is 0 Å². The highest BCUT2D eigenvalue weighted by Gasteiger charge is 2.32. The molecular weight excluding hydrogens is 697 g/mol. The lowest BCUT2D eigenvalue weighted by Gasteiger charge is -2.21. The van der Waals surface area contributed by atoms with E-state index in [2.05, 4.69) is 146 Å². The van der Waals surface area contributed by atoms with Crippen molar-refractivity contribution in [2.24, 2.45) is 0 Å². The third-order valence-electron chi connectivity index (χ3n) is 12.6. The van der Waals surface area contributed by atoms with E-state index in [4.69, 9.17) is 4.74 Å². The van der Waals surface area contributed by atoms with E-state index in [-0.39, 0.29) is 0 Å². The van der Waals surface area contributed by atoms with Gasteiger partial charge < -0.3 is 4.74 Å². The monoisotopic (exact) mass is 724 g/mol. The summed E-state index contributed by atoms with van der Waals surface area (Å²) in [6, 6.07) is 60.7. The third kappa shape index (κ3) is 3.90. The van der Waals surface area contributed by atoms with Crippen LogP contribution in [-0.4, -0.2) is 11.9 Å². The standard InChI is InChI=1S/C54H28O3/c55-53-43-27-24-39-37-19-9-17-33-31(21-23-38(47(33)37)40-25-28-44(54(56)57-53)50(43)49(39)40)32-22-26-42-48-34(32)18-10-20-41(48)51-45(29-11-3-1-4-12-29)35-15-7-8-16-36(35)46(52(42)51)30-13-5-2-6-14-30/h1-28H. The highest BCUT2D eigenvalue weighted by molar-refractivity contribution is 6.38. The molecule has 0 saturated heterocycles. The fourth-order valence-electron chi connectivity index (χ4n) is 10.4. The zero-order valence-corrected chi connectivity index (χ0v) is 30.4. The third-order valence-corrected chi connectivity index (χ3v) is 12.6. The van der Waals surface area contributed by atoms with Crippen LogP contribution in [0.5, 0.6) is 0 Å². The number of benzene rings is 11. The van der Waals surface area contributed by atoms with Crippen molar-refractivity contribution in [3.8, 4) is 55.6 Å². The zero-order valence-electron chi connectivity index (χ0n) is 30.4. The molecule has 1 aliphatic heterocycles. The van der Waals surface area contributed by atoms with Crippen LogP contribution >= 0.6 is 0 Å². The van der Waals surface area contributed by atoms with Crippen molar-refractivity contribution in [3.63, 3.8) is 0 Å². The molecule has 0 unspecified atom stereocenters. The van der Waals surface area contributed by atoms with Crippen LogP contribution in [0.4, 0.5) is 0 Å². The average Bonchev–Trinajstić information content (AvgIpc) is 3.59. The van der Waals surface area contributed by atoms with Crippen molar-refractivity contribution in [3.05, 3.63) is 181 Å². The van der Waals surface area contributed by atoms with Crippen LogP contribution in [-0.2, 0) is 4.74 Å². The summed E-state index contributed by atoms with van der Waals surface area (Å²) in [4.78, 5) is 25.8. The number of cyclic esters (lactones) is 2. The molecule has 0 amide bonds. The zero-order chi connectivity index (χ0) is 37.5. The highest BCUT2D eigenvalue weighted by atomic mass is 16.6. The molecule has 0 fully saturated rings. The smallest absolute Gasteiger partial charge is 0.346 e. The first-order valence-electron chi connectivity index (χ1n) is 19.3. The van der Waals surface area contributed by atoms with Crippen LogP contribution in [0.15, 0.2) is 170 Å². The SMILES string of the molecule is O=C1OC(=O)c2ccc3c4ccc(-c5ccc6c7c(cccc57)-c5c-6c(-c6ccccc6)c6ccccc6c5-c5ccccc5)c5cccc(c6ccc1c2c63)c54. The number of rotatable bonds is 3. The van der Waals surface area contributed by atoms with Gasteiger partial charge in [0.25, 0.3) is 0 Å². The van der Waals surface area contributed by atoms with E-state index in [1.54, 1.807) is 0 Å². The molecule has 11 aromatic carbocycles. The van der Waals surface area contributed by atoms with E-state index in [1.165, 1.54) is 82.6 Å². The molecule has 2 aliphatic rings. The lowest BCUT2D eigenvalue weighted by molar-refractivity contribution is 0.0391. The molecule has 0 spiro atoms. The van der Waals surface area contributed by atoms with Gasteiger partial charge in [0, 0.05) is 5.39 Å². The Labute approximate surface area is 326 Å². The largest absolute Gasteiger partial charge is 0.386 e. The number of carbonyl (C=O) groups excluding carboxylic acids is 2. The van der Waals surface area contributed by atoms with Crippen LogP contribution in [0, 0.1) is 0 Å². The second-order valence-corrected chi connectivity index (χ2v) is 15.3. The van der Waals surface area contributed by atoms with Gasteiger partial charge in [-0.3, -0.25) is 0 Å². The van der Waals surface area contributed by atoms with Gasteiger partial charge in [0.1, 0.15) is 0 Å². The summed E-state index contributed by atoms with van der Waals surface area (Å²) in [5, 5.41) is 13.2. The molecule has 1 heterocycles. The van der Waals surface area contributed by atoms with Gasteiger partial charge >= 0.3 is 11.9 Å². The Morgan fingerprint density at radius 3 is 1.25 bits per heavy atom. The molecule has 262 valence electrons. The lowest BCUT2D eigenvalue weighted by atomic mass is 9.82. The summed E-state index contributed by atoms with van der Waals surface area (Å²) in [6.45, 7) is 0. The van der Waals surface area contributed by atoms with E-state index in [1.807, 2.05) is 24.3 Å². The van der Waals surface area contributed by atoms with E-state index in [0.29, 0.717) is 16.5 Å². The van der Waals surface area contributed by atoms with Gasteiger partial charge in [0.05, 0.1) is 11.1 Å². The molecule has 57 heavy (non-hydrogen) atoms. The van der Waals surface area contributed by atoms with Gasteiger partial charge in [-0.15, -0.1) is 0 Å². The van der Waals surface area contributed by atoms with Gasteiger partial charge in [0.2, 0.25) is 0 Å². The lowest BCUT2D eigenvalue weighted by Crippen LogP contribution is -2.19. The molecular formula is C54H28O3. The summed E-state index contributed by atoms with van der Waals surface area (Å²) in [6.07, 6.45) is 0. The van der Waals surface area contributed by atoms with Crippen LogP contribution in [0.2, 0.25) is 0 Å². The maximum Gasteiger partial charge on any atom is 0.346 e. The Balaban J connectivity index is 1.13. The molecule has 0 aromatic heterocycles. The molecule has 0 radical (unpaired) electrons. The Hall–Kier alpha value is -7.62. The fourth-order valence-corrected chi connectivity index (χ4v) is 10.4. The maximum absolute atomic E-state index is 12.9. The Morgan fingerprint density at radius 2 is 0.649 bits per heavy atom. The highest BCUT2D eigenvalue weighted by Crippen LogP contribution is 2.59. The van der Waals surface area contributed by atoms with Crippen molar-refractivity contribution in [1.82, 2.24) is 0 Å². The number of hydrogen-bond acceptors (Lipinski definition) is 3. The van der Waals surface area contributed by atoms with Crippen molar-refractivity contribution in [2.45, 2.75) is 0 Å². The molecule has 11 aromatic rings. The Morgan fingerprint density at radius 1 is 0.246 bits per heavy atom. The van der Waals surface area contributed by atoms with Crippen molar-refractivity contribution >= 4 is 76.6 Å². The Kier molecular flexibility index (Phi) is 5.92. The molecule has 3 nitrogen and oxygen atoms in total. The van der Waals surface area contributed by atoms with Crippen LogP contribution in [0.25, 0.3) is 120 Å². The number of hydrogen-bond donors (Lipinski definition) is 0. The molecule has 0 N–H and O–H groups in total. The average molecular weight is 725 g/mol. The summed E-state index contributed by atoms with van der Waals surface area (Å²) < 4.78 is 5.10. The van der Waals surface area contributed by atoms with Crippen molar-refractivity contribution in [2.75, 3.05) is 0 Å². The number of esters is 2. The van der Waals surface area contributed by atoms with Gasteiger partial charge in [-0.2, -0.15) is 0 Å². The van der Waals surface area contributed by atoms with E-state index in [0.717, 1.165) is 32.3 Å². The Bertz CT molecular complexity index is 3460. The minimum atomic E-state index is -0.593. The molecule has 0 saturated carbocycles. The first kappa shape index (κ1) is 30.7. The van der Waals surface area contributed by atoms with Crippen molar-refractivity contribution in [1.29, 1.82) is 0 Å². The first-order valence-corrected chi connectivity index (χ1v) is 19.3. The van der Waals surface area contributed by atoms with Crippen molar-refractivity contribution < 1.29 is 14.3 Å². The van der Waals surface area contributed by atoms with Gasteiger partial charge in [-0.05, 0) is 127 Å². The summed E-state index contributed by atoms with van der Waals surface area (Å²) in [7, 11) is 0. The first-order chi connectivity index (χ1) is 28.2. The molecule has 0 atom stereocenters.